The summed E-state index contributed by atoms with van der Waals surface area (Å²) in [6, 6.07) is 59.5. The van der Waals surface area contributed by atoms with Crippen LogP contribution in [0.3, 0.4) is 0 Å². The van der Waals surface area contributed by atoms with E-state index in [4.69, 9.17) is 87.3 Å². The number of aryl methyl sites for hydroxylation is 3. The lowest BCUT2D eigenvalue weighted by atomic mass is 10.1. The van der Waals surface area contributed by atoms with Crippen molar-refractivity contribution in [2.45, 2.75) is 45.8 Å². The van der Waals surface area contributed by atoms with Gasteiger partial charge in [0.15, 0.2) is 46.3 Å². The van der Waals surface area contributed by atoms with Gasteiger partial charge in [-0.25, -0.2) is 24.3 Å². The summed E-state index contributed by atoms with van der Waals surface area (Å²) in [6.45, 7) is 5.60. The van der Waals surface area contributed by atoms with Crippen LogP contribution in [0, 0.1) is 26.6 Å². The number of alkyl halides is 12. The number of aromatic nitrogens is 8. The molecule has 116 heavy (non-hydrogen) atoms. The number of aromatic amines is 4. The molecule has 16 aromatic rings. The second-order valence-corrected chi connectivity index (χ2v) is 27.6. The SMILES string of the molecule is Cc1[nH]c(-c2ccc(-c3ccc(C(F)(F)F)c(Cl)c3)o2)nc1-c1ccc(F)cc1.Cc1[nH]c(-c2ccc(-c3ccc(Cl)c(OC(F)(F)F)c3)o2)nc1-c1ccc(Cl)cc1.Cc1[nH]c(-c2ccc(-c3ccc(OC(F)(F)F)c(Cl)c3)o2)nc1-c1ccc(Cl)cc1.FC(F)(F)c1ccccc1-c1ccc(-c2nc(-c3ccccc3)c(Cl)[nH]2)o1. The van der Waals surface area contributed by atoms with Gasteiger partial charge in [-0.1, -0.05) is 148 Å². The molecule has 0 unspecified atom stereocenters. The standard InChI is InChI=1S/2C21H13Cl2F3N2O2.C21H13ClF4N2O.C20H12ClF3N2O/c1-11-19(12-2-5-14(22)6-3-12)28-20(27-11)18-9-8-16(29-18)13-4-7-17(15(23)10-13)30-21(24,25)26;1-11-19(12-2-5-14(22)6-3-12)28-20(27-11)17-9-8-16(29-17)13-4-7-15(23)18(10-13)30-21(24,25)26;1-11-19(12-2-5-14(23)6-3-12)28-20(27-11)18-9-8-17(29-18)13-4-7-15(16(22)10-13)21(24,25)26;21-18-17(12-6-2-1-3-7-12)25-19(26-18)16-11-10-15(27-16)13-8-4-5-9-14(13)20(22,23)24/h2*2-10H,1H3,(H,27,28);2-10H,1H3,(H,27,28);1-11H,(H,25,26). The maximum absolute atomic E-state index is 13.2. The van der Waals surface area contributed by atoms with Crippen molar-refractivity contribution in [1.29, 1.82) is 0 Å². The zero-order chi connectivity index (χ0) is 82.7. The smallest absolute Gasteiger partial charge is 0.453 e. The van der Waals surface area contributed by atoms with E-state index in [2.05, 4.69) is 49.3 Å². The highest BCUT2D eigenvalue weighted by atomic mass is 35.5. The quantitative estimate of drug-likeness (QED) is 0.0764. The molecule has 16 rings (SSSR count). The van der Waals surface area contributed by atoms with Crippen molar-refractivity contribution in [3.05, 3.63) is 295 Å². The van der Waals surface area contributed by atoms with Crippen LogP contribution in [0.4, 0.5) is 57.1 Å². The molecule has 0 bridgehead atoms. The molecule has 8 aromatic heterocycles. The molecule has 592 valence electrons. The van der Waals surface area contributed by atoms with Crippen molar-refractivity contribution >= 4 is 69.6 Å². The van der Waals surface area contributed by atoms with Gasteiger partial charge in [0.1, 0.15) is 51.2 Å². The fourth-order valence-corrected chi connectivity index (χ4v) is 12.8. The van der Waals surface area contributed by atoms with Crippen molar-refractivity contribution in [2.24, 2.45) is 0 Å². The predicted molar refractivity (Wildman–Crippen MR) is 416 cm³/mol. The summed E-state index contributed by atoms with van der Waals surface area (Å²) < 4.78 is 197. The van der Waals surface area contributed by atoms with E-state index in [1.165, 1.54) is 72.8 Å². The summed E-state index contributed by atoms with van der Waals surface area (Å²) in [5.41, 5.74) is 8.10. The van der Waals surface area contributed by atoms with E-state index < -0.39 is 52.7 Å². The molecule has 0 saturated heterocycles. The third kappa shape index (κ3) is 19.7. The van der Waals surface area contributed by atoms with Crippen LogP contribution >= 0.6 is 69.6 Å². The molecule has 0 aliphatic heterocycles. The Labute approximate surface area is 678 Å². The highest BCUT2D eigenvalue weighted by Gasteiger charge is 2.37. The summed E-state index contributed by atoms with van der Waals surface area (Å²) in [5.74, 6) is 3.32. The third-order valence-corrected chi connectivity index (χ3v) is 18.7. The molecule has 0 saturated carbocycles. The Balaban J connectivity index is 0.000000135. The molecule has 8 heterocycles. The van der Waals surface area contributed by atoms with Gasteiger partial charge >= 0.3 is 25.1 Å². The number of imidazole rings is 4. The number of furan rings is 4. The number of benzene rings is 8. The third-order valence-electron chi connectivity index (χ3n) is 17.0. The van der Waals surface area contributed by atoms with Gasteiger partial charge in [-0.2, -0.15) is 26.3 Å². The van der Waals surface area contributed by atoms with Gasteiger partial charge < -0.3 is 47.1 Å². The van der Waals surface area contributed by atoms with Crippen molar-refractivity contribution < 1.29 is 84.2 Å². The molecule has 4 N–H and O–H groups in total. The molecule has 0 spiro atoms. The van der Waals surface area contributed by atoms with E-state index in [1.807, 2.05) is 75.4 Å². The topological polar surface area (TPSA) is 186 Å². The molecule has 0 amide bonds. The van der Waals surface area contributed by atoms with Gasteiger partial charge in [0.25, 0.3) is 0 Å². The summed E-state index contributed by atoms with van der Waals surface area (Å²) >= 11 is 35.6. The van der Waals surface area contributed by atoms with Gasteiger partial charge in [-0.05, 0) is 172 Å². The zero-order valence-electron chi connectivity index (χ0n) is 59.4. The first-order valence-electron chi connectivity index (χ1n) is 33.9. The normalized spacial score (nSPS) is 11.7. The highest BCUT2D eigenvalue weighted by molar-refractivity contribution is 6.33. The number of halogens is 19. The van der Waals surface area contributed by atoms with Crippen LogP contribution in [0.1, 0.15) is 28.2 Å². The largest absolute Gasteiger partial charge is 0.573 e. The maximum Gasteiger partial charge on any atom is 0.573 e. The van der Waals surface area contributed by atoms with Crippen LogP contribution in [-0.2, 0) is 12.4 Å². The van der Waals surface area contributed by atoms with Crippen LogP contribution in [0.2, 0.25) is 30.3 Å². The molecule has 0 atom stereocenters. The number of ether oxygens (including phenoxy) is 2. The summed E-state index contributed by atoms with van der Waals surface area (Å²) in [4.78, 5) is 30.5. The number of hydrogen-bond acceptors (Lipinski definition) is 10. The molecule has 14 nitrogen and oxygen atoms in total. The van der Waals surface area contributed by atoms with Crippen molar-refractivity contribution in [1.82, 2.24) is 39.9 Å². The lowest BCUT2D eigenvalue weighted by Gasteiger charge is -2.11. The minimum Gasteiger partial charge on any atom is -0.453 e. The Morgan fingerprint density at radius 1 is 0.302 bits per heavy atom. The minimum atomic E-state index is -4.85. The minimum absolute atomic E-state index is 0.0304. The Morgan fingerprint density at radius 2 is 0.655 bits per heavy atom. The number of H-pyrrole nitrogens is 4. The first-order valence-corrected chi connectivity index (χ1v) is 36.2. The number of hydrogen-bond donors (Lipinski definition) is 4. The molecule has 0 aliphatic rings. The monoisotopic (exact) mass is 1710 g/mol. The average molecular weight is 1720 g/mol. The number of nitrogens with one attached hydrogen (secondary N) is 4. The molecule has 8 aromatic carbocycles. The first-order chi connectivity index (χ1) is 55.0. The van der Waals surface area contributed by atoms with Crippen LogP contribution < -0.4 is 9.47 Å². The molecular formula is C83H51Cl6F13N8O6. The van der Waals surface area contributed by atoms with E-state index in [9.17, 15) is 57.1 Å². The zero-order valence-corrected chi connectivity index (χ0v) is 63.9. The van der Waals surface area contributed by atoms with E-state index in [0.29, 0.717) is 107 Å². The fourth-order valence-electron chi connectivity index (χ4n) is 11.7. The summed E-state index contributed by atoms with van der Waals surface area (Å²) in [5, 5.41) is 0.844. The van der Waals surface area contributed by atoms with Gasteiger partial charge in [-0.15, -0.1) is 26.3 Å². The van der Waals surface area contributed by atoms with Gasteiger partial charge in [0.2, 0.25) is 0 Å². The fraction of sp³-hybridized carbons (Fsp3) is 0.0843. The Kier molecular flexibility index (Phi) is 24.0. The van der Waals surface area contributed by atoms with E-state index >= 15 is 0 Å². The average Bonchev–Trinajstić information content (AvgIpc) is 1.70. The van der Waals surface area contributed by atoms with Crippen molar-refractivity contribution in [3.63, 3.8) is 0 Å². The van der Waals surface area contributed by atoms with Gasteiger partial charge in [0, 0.05) is 71.6 Å². The Morgan fingerprint density at radius 3 is 1.10 bits per heavy atom. The maximum atomic E-state index is 13.2. The number of nitrogens with zero attached hydrogens (tertiary/aromatic N) is 4. The summed E-state index contributed by atoms with van der Waals surface area (Å²) in [7, 11) is 0. The van der Waals surface area contributed by atoms with Crippen LogP contribution in [0.5, 0.6) is 11.5 Å². The molecule has 0 radical (unpaired) electrons. The molecule has 0 aliphatic carbocycles. The van der Waals surface area contributed by atoms with Crippen LogP contribution in [-0.4, -0.2) is 52.6 Å². The van der Waals surface area contributed by atoms with Crippen molar-refractivity contribution in [3.8, 4) is 148 Å². The van der Waals surface area contributed by atoms with Crippen LogP contribution in [0.25, 0.3) is 137 Å². The number of rotatable bonds is 14. The van der Waals surface area contributed by atoms with Gasteiger partial charge in [-0.3, -0.25) is 0 Å². The first kappa shape index (κ1) is 82.1. The van der Waals surface area contributed by atoms with E-state index in [0.717, 1.165) is 68.9 Å². The van der Waals surface area contributed by atoms with Crippen LogP contribution in [0.15, 0.2) is 248 Å². The van der Waals surface area contributed by atoms with E-state index in [1.54, 1.807) is 84.9 Å². The lowest BCUT2D eigenvalue weighted by Crippen LogP contribution is -2.17. The highest BCUT2D eigenvalue weighted by Crippen LogP contribution is 2.44. The molecular weight excluding hydrogens is 1660 g/mol. The van der Waals surface area contributed by atoms with Gasteiger partial charge in [0.05, 0.1) is 43.3 Å². The lowest BCUT2D eigenvalue weighted by molar-refractivity contribution is -0.275. The Hall–Kier alpha value is -11.9. The summed E-state index contributed by atoms with van der Waals surface area (Å²) in [6.07, 6.45) is -18.7. The molecule has 0 fully saturated rings. The van der Waals surface area contributed by atoms with E-state index in [-0.39, 0.29) is 27.2 Å². The second-order valence-electron chi connectivity index (χ2n) is 25.1. The second kappa shape index (κ2) is 33.9. The molecule has 33 heteroatoms. The Bertz CT molecular complexity index is 6140. The predicted octanol–water partition coefficient (Wildman–Crippen LogP) is 28.8. The van der Waals surface area contributed by atoms with Crippen molar-refractivity contribution in [2.75, 3.05) is 0 Å².